The highest BCUT2D eigenvalue weighted by molar-refractivity contribution is 5.96. The number of esters is 4. The first-order valence-corrected chi connectivity index (χ1v) is 28.3. The van der Waals surface area contributed by atoms with Crippen molar-refractivity contribution in [2.24, 2.45) is 16.7 Å². The van der Waals surface area contributed by atoms with Gasteiger partial charge >= 0.3 is 23.9 Å². The van der Waals surface area contributed by atoms with Gasteiger partial charge in [0.2, 0.25) is 0 Å². The van der Waals surface area contributed by atoms with Crippen molar-refractivity contribution >= 4 is 35.6 Å². The quantitative estimate of drug-likeness (QED) is 0.0373. The first-order valence-electron chi connectivity index (χ1n) is 28.3. The van der Waals surface area contributed by atoms with Gasteiger partial charge in [-0.25, -0.2) is 9.59 Å². The van der Waals surface area contributed by atoms with Gasteiger partial charge in [-0.05, 0) is 97.6 Å². The van der Waals surface area contributed by atoms with Crippen LogP contribution in [0.25, 0.3) is 0 Å². The summed E-state index contributed by atoms with van der Waals surface area (Å²) in [7, 11) is 0. The van der Waals surface area contributed by atoms with E-state index >= 15 is 4.79 Å². The van der Waals surface area contributed by atoms with E-state index in [4.69, 9.17) is 28.4 Å². The van der Waals surface area contributed by atoms with Gasteiger partial charge in [0.05, 0.1) is 35.6 Å². The second kappa shape index (κ2) is 25.9. The molecule has 4 N–H and O–H groups in total. The normalized spacial score (nSPS) is 26.5. The Kier molecular flexibility index (Phi) is 19.2. The standard InChI is InChI=1S/C47H51NO14.C19H25NO/c1-25-31(60-43(56)36(52)35(28-16-10-7-11-17-28)48-41(54)29-18-12-8-13-19-29)23-47(57)40(61-42(55)30-20-14-9-15-21-30)38-45(6,32(51)22-33-46(38,24-58-33)62-27(3)50)39(53)37(59-26(2)49)34(25)44(47,4)5;1-3-20(4-2)14-15-21-19-12-10-18(11-13-19)16-17-8-6-5-7-9-17/h7-21,31-33,35-38,40,51-52,57H,22-24H2,1-6H3,(H,48,54);5-13H,3-4,14-16H2,1-2H3/t31-,32-,33+,35-,36+,37+,38-,40-,45+,46-,47+;/m0./s1. The zero-order valence-corrected chi connectivity index (χ0v) is 48.3. The molecule has 9 rings (SSSR count). The van der Waals surface area contributed by atoms with E-state index in [1.807, 2.05) is 0 Å². The number of aliphatic hydroxyl groups excluding tert-OH is 2. The zero-order valence-electron chi connectivity index (χ0n) is 48.3. The highest BCUT2D eigenvalue weighted by Crippen LogP contribution is 2.64. The van der Waals surface area contributed by atoms with Gasteiger partial charge in [0.25, 0.3) is 5.91 Å². The first kappa shape index (κ1) is 61.5. The zero-order chi connectivity index (χ0) is 59.9. The van der Waals surface area contributed by atoms with E-state index < -0.39 is 113 Å². The Morgan fingerprint density at radius 1 is 0.747 bits per heavy atom. The molecule has 2 saturated carbocycles. The predicted molar refractivity (Wildman–Crippen MR) is 307 cm³/mol. The van der Waals surface area contributed by atoms with Crippen molar-refractivity contribution < 1.29 is 72.5 Å². The minimum atomic E-state index is -2.39. The molecule has 5 aromatic carbocycles. The lowest BCUT2D eigenvalue weighted by Gasteiger charge is -2.67. The first-order chi connectivity index (χ1) is 39.6. The van der Waals surface area contributed by atoms with Gasteiger partial charge in [0.1, 0.15) is 36.3 Å². The van der Waals surface area contributed by atoms with Gasteiger partial charge in [-0.2, -0.15) is 0 Å². The van der Waals surface area contributed by atoms with Crippen molar-refractivity contribution in [3.05, 3.63) is 185 Å². The molecule has 0 aromatic heterocycles. The summed E-state index contributed by atoms with van der Waals surface area (Å²) in [6.07, 6.45) is -9.54. The summed E-state index contributed by atoms with van der Waals surface area (Å²) in [5.74, 6) is -5.88. The molecule has 17 nitrogen and oxygen atoms in total. The number of nitrogens with zero attached hydrogens (tertiary/aromatic N) is 1. The average Bonchev–Trinajstić information content (AvgIpc) is 0.734. The molecule has 5 aromatic rings. The number of nitrogens with one attached hydrogen (secondary N) is 1. The highest BCUT2D eigenvalue weighted by atomic mass is 16.6. The van der Waals surface area contributed by atoms with Gasteiger partial charge in [-0.15, -0.1) is 0 Å². The third-order valence-corrected chi connectivity index (χ3v) is 17.2. The smallest absolute Gasteiger partial charge is 0.338 e. The molecule has 11 atom stereocenters. The maximum atomic E-state index is 15.5. The molecule has 0 radical (unpaired) electrons. The molecule has 3 fully saturated rings. The molecule has 0 spiro atoms. The molecule has 83 heavy (non-hydrogen) atoms. The Morgan fingerprint density at radius 2 is 1.31 bits per heavy atom. The van der Waals surface area contributed by atoms with E-state index in [1.165, 1.54) is 37.1 Å². The largest absolute Gasteiger partial charge is 0.492 e. The number of hydrogen-bond acceptors (Lipinski definition) is 16. The van der Waals surface area contributed by atoms with Crippen molar-refractivity contribution in [2.45, 2.75) is 129 Å². The maximum Gasteiger partial charge on any atom is 0.338 e. The molecule has 1 heterocycles. The van der Waals surface area contributed by atoms with Crippen molar-refractivity contribution in [1.82, 2.24) is 10.2 Å². The number of carbonyl (C=O) groups excluding carboxylic acids is 6. The molecule has 2 bridgehead atoms. The van der Waals surface area contributed by atoms with Gasteiger partial charge in [0.15, 0.2) is 23.6 Å². The minimum Gasteiger partial charge on any atom is -0.492 e. The SMILES string of the molecule is CC(=O)O[C@H]1C(=O)[C@@]2(C)[C@H]([C@H](OC(=O)c3ccccc3)[C@]3(O)C[C@H](OC(=O)[C@H](O)[C@@H](NC(=O)c4ccccc4)c4ccccc4)C(C)=C1C3(C)C)[C@]1(OC(C)=O)CO[C@@H]1C[C@@H]2O.CCN(CC)CCOc1ccc(Cc2ccccc2)cc1. The predicted octanol–water partition coefficient (Wildman–Crippen LogP) is 7.73. The molecule has 0 unspecified atom stereocenters. The molecule has 1 aliphatic heterocycles. The van der Waals surface area contributed by atoms with Gasteiger partial charge in [-0.3, -0.25) is 19.2 Å². The lowest BCUT2D eigenvalue weighted by molar-refractivity contribution is -0.346. The molecule has 1 saturated heterocycles. The summed E-state index contributed by atoms with van der Waals surface area (Å²) >= 11 is 0. The van der Waals surface area contributed by atoms with Gasteiger partial charge in [0, 0.05) is 44.2 Å². The van der Waals surface area contributed by atoms with Crippen LogP contribution in [0.3, 0.4) is 0 Å². The number of amides is 1. The van der Waals surface area contributed by atoms with Crippen LogP contribution in [0.15, 0.2) is 157 Å². The van der Waals surface area contributed by atoms with Crippen LogP contribution in [0.5, 0.6) is 5.75 Å². The van der Waals surface area contributed by atoms with Gasteiger partial charge < -0.3 is 54.0 Å². The monoisotopic (exact) mass is 1140 g/mol. The summed E-state index contributed by atoms with van der Waals surface area (Å²) in [6.45, 7) is 16.2. The third-order valence-electron chi connectivity index (χ3n) is 17.2. The summed E-state index contributed by atoms with van der Waals surface area (Å²) in [5, 5.41) is 40.2. The van der Waals surface area contributed by atoms with E-state index in [2.05, 4.69) is 78.7 Å². The van der Waals surface area contributed by atoms with E-state index in [0.29, 0.717) is 5.56 Å². The second-order valence-corrected chi connectivity index (χ2v) is 22.5. The number of benzene rings is 5. The van der Waals surface area contributed by atoms with Crippen LogP contribution in [0.1, 0.15) is 112 Å². The molecular weight excluding hydrogens is 1060 g/mol. The number of carbonyl (C=O) groups is 6. The number of aliphatic hydroxyl groups is 3. The molecular formula is C66H76N2O15. The molecule has 1 amide bonds. The number of Topliss-reactive ketones (excluding diaryl/α,β-unsaturated/α-hetero) is 1. The molecule has 440 valence electrons. The van der Waals surface area contributed by atoms with E-state index in [0.717, 1.165) is 52.3 Å². The van der Waals surface area contributed by atoms with Gasteiger partial charge in [-0.1, -0.05) is 137 Å². The summed E-state index contributed by atoms with van der Waals surface area (Å²) in [4.78, 5) is 85.8. The average molecular weight is 1140 g/mol. The van der Waals surface area contributed by atoms with E-state index in [9.17, 15) is 39.3 Å². The van der Waals surface area contributed by atoms with E-state index in [1.54, 1.807) is 92.7 Å². The highest BCUT2D eigenvalue weighted by Gasteiger charge is 2.78. The van der Waals surface area contributed by atoms with Crippen LogP contribution in [0.2, 0.25) is 0 Å². The summed E-state index contributed by atoms with van der Waals surface area (Å²) < 4.78 is 36.1. The Balaban J connectivity index is 0.000000359. The van der Waals surface area contributed by atoms with Crippen molar-refractivity contribution in [1.29, 1.82) is 0 Å². The lowest BCUT2D eigenvalue weighted by atomic mass is 9.44. The molecule has 3 aliphatic carbocycles. The fraction of sp³-hybridized carbons (Fsp3) is 0.424. The topological polar surface area (TPSA) is 234 Å². The van der Waals surface area contributed by atoms with Crippen LogP contribution in [-0.2, 0) is 49.3 Å². The maximum absolute atomic E-state index is 15.5. The van der Waals surface area contributed by atoms with Crippen LogP contribution in [0.4, 0.5) is 0 Å². The number of hydrogen-bond donors (Lipinski definition) is 4. The number of likely N-dealkylation sites (N-methyl/N-ethyl adjacent to an activating group) is 1. The van der Waals surface area contributed by atoms with Crippen LogP contribution in [0, 0.1) is 16.7 Å². The van der Waals surface area contributed by atoms with Crippen molar-refractivity contribution in [2.75, 3.05) is 32.8 Å². The Morgan fingerprint density at radius 3 is 1.87 bits per heavy atom. The Bertz CT molecular complexity index is 3120. The summed E-state index contributed by atoms with van der Waals surface area (Å²) in [5.41, 5.74) is -4.36. The van der Waals surface area contributed by atoms with Crippen LogP contribution in [-0.4, -0.2) is 136 Å². The molecule has 4 aliphatic rings. The Labute approximate surface area is 484 Å². The van der Waals surface area contributed by atoms with Crippen LogP contribution >= 0.6 is 0 Å². The van der Waals surface area contributed by atoms with Crippen LogP contribution < -0.4 is 10.1 Å². The number of ether oxygens (including phenoxy) is 6. The number of rotatable bonds is 18. The second-order valence-electron chi connectivity index (χ2n) is 22.5. The summed E-state index contributed by atoms with van der Waals surface area (Å²) in [6, 6.07) is 41.9. The van der Waals surface area contributed by atoms with E-state index in [-0.39, 0.29) is 35.3 Å². The fourth-order valence-electron chi connectivity index (χ4n) is 12.6. The number of fused-ring (bicyclic) bond motifs is 5. The Hall–Kier alpha value is -7.54. The van der Waals surface area contributed by atoms with Crippen molar-refractivity contribution in [3.8, 4) is 5.75 Å². The molecule has 17 heteroatoms. The lowest BCUT2D eigenvalue weighted by Crippen LogP contribution is -2.82. The fourth-order valence-corrected chi connectivity index (χ4v) is 12.6. The number of ketones is 1. The third kappa shape index (κ3) is 12.7. The van der Waals surface area contributed by atoms with Crippen molar-refractivity contribution in [3.63, 3.8) is 0 Å². The minimum absolute atomic E-state index is 0.00289.